The number of nitrogens with two attached hydrogens (primary N) is 1. The van der Waals surface area contributed by atoms with E-state index in [4.69, 9.17) is 10.5 Å². The first kappa shape index (κ1) is 19.5. The zero-order chi connectivity index (χ0) is 17.9. The van der Waals surface area contributed by atoms with Gasteiger partial charge in [-0.15, -0.1) is 0 Å². The van der Waals surface area contributed by atoms with Crippen LogP contribution in [-0.4, -0.2) is 39.9 Å². The Balaban J connectivity index is 0.000000891. The van der Waals surface area contributed by atoms with Gasteiger partial charge < -0.3 is 25.4 Å². The van der Waals surface area contributed by atoms with Gasteiger partial charge in [0.25, 0.3) is 0 Å². The maximum atomic E-state index is 11.5. The molecule has 2 rings (SSSR count). The number of fused-ring (bicyclic) bond motifs is 1. The van der Waals surface area contributed by atoms with E-state index in [0.29, 0.717) is 36.8 Å². The maximum absolute atomic E-state index is 11.5. The number of anilines is 2. The van der Waals surface area contributed by atoms with Gasteiger partial charge in [0, 0.05) is 18.9 Å². The maximum Gasteiger partial charge on any atom is 0.411 e. The first-order chi connectivity index (χ1) is 11.6. The van der Waals surface area contributed by atoms with Crippen LogP contribution >= 0.6 is 0 Å². The lowest BCUT2D eigenvalue weighted by Crippen LogP contribution is -2.36. The van der Waals surface area contributed by atoms with E-state index in [1.54, 1.807) is 19.3 Å². The molecule has 0 spiro atoms. The van der Waals surface area contributed by atoms with Crippen molar-refractivity contribution < 1.29 is 14.3 Å². The van der Waals surface area contributed by atoms with Crippen LogP contribution in [0.1, 0.15) is 20.3 Å². The van der Waals surface area contributed by atoms with E-state index in [2.05, 4.69) is 34.1 Å². The Kier molecular flexibility index (Phi) is 8.32. The minimum absolute atomic E-state index is 0.521. The topological polar surface area (TPSA) is 88.9 Å². The highest BCUT2D eigenvalue weighted by molar-refractivity contribution is 5.91. The number of ether oxygens (including phenoxy) is 2. The number of methoxy groups -OCH3 is 1. The molecule has 7 heteroatoms. The summed E-state index contributed by atoms with van der Waals surface area (Å²) in [4.78, 5) is 13.5. The van der Waals surface area contributed by atoms with Crippen LogP contribution in [0.3, 0.4) is 0 Å². The summed E-state index contributed by atoms with van der Waals surface area (Å²) in [6.07, 6.45) is 2.47. The van der Waals surface area contributed by atoms with E-state index in [1.807, 2.05) is 12.1 Å². The van der Waals surface area contributed by atoms with E-state index in [-0.39, 0.29) is 0 Å². The Morgan fingerprint density at radius 1 is 1.46 bits per heavy atom. The summed E-state index contributed by atoms with van der Waals surface area (Å²) in [5, 5.41) is 5.60. The molecule has 0 saturated carbocycles. The number of nitrogens with zero attached hydrogens (tertiary/aromatic N) is 1. The van der Waals surface area contributed by atoms with Crippen LogP contribution in [0, 0.1) is 0 Å². The molecule has 0 radical (unpaired) electrons. The number of amides is 1. The monoisotopic (exact) mass is 336 g/mol. The predicted octanol–water partition coefficient (Wildman–Crippen LogP) is 2.50. The van der Waals surface area contributed by atoms with Gasteiger partial charge >= 0.3 is 6.09 Å². The van der Waals surface area contributed by atoms with Gasteiger partial charge in [-0.3, -0.25) is 5.32 Å². The average molecular weight is 336 g/mol. The number of carbonyl (C=O) groups is 1. The van der Waals surface area contributed by atoms with E-state index < -0.39 is 6.09 Å². The Morgan fingerprint density at radius 3 is 2.79 bits per heavy atom. The molecular formula is C17H28N4O3. The van der Waals surface area contributed by atoms with Gasteiger partial charge in [-0.05, 0) is 12.1 Å². The fourth-order valence-corrected chi connectivity index (χ4v) is 2.21. The second-order valence-electron chi connectivity index (χ2n) is 5.25. The molecule has 1 aromatic carbocycles. The summed E-state index contributed by atoms with van der Waals surface area (Å²) in [5.74, 6) is 0.715. The number of hydrogen-bond acceptors (Lipinski definition) is 6. The molecule has 134 valence electrons. The van der Waals surface area contributed by atoms with Crippen LogP contribution in [0.2, 0.25) is 0 Å². The smallest absolute Gasteiger partial charge is 0.411 e. The van der Waals surface area contributed by atoms with Crippen molar-refractivity contribution in [3.63, 3.8) is 0 Å². The van der Waals surface area contributed by atoms with Crippen molar-refractivity contribution in [1.82, 2.24) is 5.32 Å². The molecular weight excluding hydrogens is 308 g/mol. The standard InChI is InChI=1S/C14H20N4O3.C3H8/c1-16-8-10(15)9-18-6-7-21-12-5-3-4-11(13(12)18)17-14(19)20-2;1-3-2/h3-5,8,16H,6-7,9,15H2,1-2H3,(H,17,19);3H2,1-2H3/b10-8-;. The second-order valence-corrected chi connectivity index (χ2v) is 5.25. The Bertz CT molecular complexity index is 561. The molecule has 24 heavy (non-hydrogen) atoms. The summed E-state index contributed by atoms with van der Waals surface area (Å²) in [7, 11) is 3.12. The molecule has 0 bridgehead atoms. The summed E-state index contributed by atoms with van der Waals surface area (Å²) < 4.78 is 10.3. The zero-order valence-electron chi connectivity index (χ0n) is 14.9. The lowest BCUT2D eigenvalue weighted by Gasteiger charge is -2.33. The van der Waals surface area contributed by atoms with Crippen molar-refractivity contribution in [3.8, 4) is 5.75 Å². The third-order valence-electron chi connectivity index (χ3n) is 3.06. The minimum Gasteiger partial charge on any atom is -0.489 e. The number of rotatable bonds is 4. The van der Waals surface area contributed by atoms with Crippen LogP contribution in [0.5, 0.6) is 5.75 Å². The van der Waals surface area contributed by atoms with Crippen molar-refractivity contribution in [2.45, 2.75) is 20.3 Å². The van der Waals surface area contributed by atoms with E-state index in [0.717, 1.165) is 5.69 Å². The van der Waals surface area contributed by atoms with Crippen LogP contribution in [0.15, 0.2) is 30.1 Å². The summed E-state index contributed by atoms with van der Waals surface area (Å²) in [6, 6.07) is 5.48. The van der Waals surface area contributed by atoms with Gasteiger partial charge in [-0.2, -0.15) is 0 Å². The summed E-state index contributed by atoms with van der Waals surface area (Å²) in [6.45, 7) is 6.05. The number of nitrogens with one attached hydrogen (secondary N) is 2. The number of para-hydroxylation sites is 1. The highest BCUT2D eigenvalue weighted by Gasteiger charge is 2.22. The quantitative estimate of drug-likeness (QED) is 0.783. The summed E-state index contributed by atoms with van der Waals surface area (Å²) >= 11 is 0. The van der Waals surface area contributed by atoms with Gasteiger partial charge in [0.15, 0.2) is 0 Å². The third-order valence-corrected chi connectivity index (χ3v) is 3.06. The average Bonchev–Trinajstić information content (AvgIpc) is 2.56. The lowest BCUT2D eigenvalue weighted by atomic mass is 10.2. The Hall–Kier alpha value is -2.57. The molecule has 7 nitrogen and oxygen atoms in total. The van der Waals surface area contributed by atoms with Crippen molar-refractivity contribution in [3.05, 3.63) is 30.1 Å². The van der Waals surface area contributed by atoms with E-state index >= 15 is 0 Å². The largest absolute Gasteiger partial charge is 0.489 e. The fraction of sp³-hybridized carbons (Fsp3) is 0.471. The molecule has 1 aliphatic rings. The van der Waals surface area contributed by atoms with Crippen molar-refractivity contribution in [2.24, 2.45) is 5.73 Å². The molecule has 0 aliphatic carbocycles. The van der Waals surface area contributed by atoms with Gasteiger partial charge in [-0.25, -0.2) is 4.79 Å². The molecule has 1 heterocycles. The molecule has 0 fully saturated rings. The highest BCUT2D eigenvalue weighted by atomic mass is 16.5. The molecule has 1 aromatic rings. The number of benzene rings is 1. The normalized spacial score (nSPS) is 13.0. The van der Waals surface area contributed by atoms with Gasteiger partial charge in [0.2, 0.25) is 0 Å². The van der Waals surface area contributed by atoms with E-state index in [9.17, 15) is 4.79 Å². The minimum atomic E-state index is -0.521. The molecule has 0 unspecified atom stereocenters. The SMILES string of the molecule is CCC.CN/C=C(\N)CN1CCOc2cccc(NC(=O)OC)c21. The fourth-order valence-electron chi connectivity index (χ4n) is 2.21. The number of carbonyl (C=O) groups excluding carboxylic acids is 1. The predicted molar refractivity (Wildman–Crippen MR) is 97.5 cm³/mol. The molecule has 0 aromatic heterocycles. The second kappa shape index (κ2) is 10.3. The van der Waals surface area contributed by atoms with Gasteiger partial charge in [0.05, 0.1) is 25.9 Å². The van der Waals surface area contributed by atoms with Gasteiger partial charge in [0.1, 0.15) is 18.0 Å². The highest BCUT2D eigenvalue weighted by Crippen LogP contribution is 2.38. The third kappa shape index (κ3) is 5.57. The lowest BCUT2D eigenvalue weighted by molar-refractivity contribution is 0.187. The molecule has 4 N–H and O–H groups in total. The first-order valence-corrected chi connectivity index (χ1v) is 8.04. The van der Waals surface area contributed by atoms with Gasteiger partial charge in [-0.1, -0.05) is 26.3 Å². The summed E-state index contributed by atoms with van der Waals surface area (Å²) in [5.41, 5.74) is 8.09. The number of hydrogen-bond donors (Lipinski definition) is 3. The molecule has 0 atom stereocenters. The first-order valence-electron chi connectivity index (χ1n) is 8.04. The Labute approximate surface area is 143 Å². The van der Waals surface area contributed by atoms with Crippen molar-refractivity contribution in [1.29, 1.82) is 0 Å². The van der Waals surface area contributed by atoms with Crippen molar-refractivity contribution >= 4 is 17.5 Å². The molecule has 1 aliphatic heterocycles. The zero-order valence-corrected chi connectivity index (χ0v) is 14.9. The molecule has 0 saturated heterocycles. The van der Waals surface area contributed by atoms with E-state index in [1.165, 1.54) is 13.5 Å². The van der Waals surface area contributed by atoms with Crippen LogP contribution < -0.4 is 26.0 Å². The van der Waals surface area contributed by atoms with Crippen molar-refractivity contribution in [2.75, 3.05) is 44.1 Å². The van der Waals surface area contributed by atoms with Crippen LogP contribution in [-0.2, 0) is 4.74 Å². The molecule has 1 amide bonds. The Morgan fingerprint density at radius 2 is 2.17 bits per heavy atom. The van der Waals surface area contributed by atoms with Crippen LogP contribution in [0.25, 0.3) is 0 Å². The van der Waals surface area contributed by atoms with Crippen LogP contribution in [0.4, 0.5) is 16.2 Å².